The minimum absolute atomic E-state index is 0.833. The summed E-state index contributed by atoms with van der Waals surface area (Å²) in [6.07, 6.45) is 0.869. The lowest BCUT2D eigenvalue weighted by molar-refractivity contribution is 0.496. The van der Waals surface area contributed by atoms with Gasteiger partial charge in [0.1, 0.15) is 11.6 Å². The molecule has 94 valence electrons. The first-order chi connectivity index (χ1) is 8.74. The van der Waals surface area contributed by atoms with Gasteiger partial charge in [-0.1, -0.05) is 18.2 Å². The van der Waals surface area contributed by atoms with Crippen molar-refractivity contribution < 1.29 is 0 Å². The van der Waals surface area contributed by atoms with Crippen molar-refractivity contribution >= 4 is 0 Å². The van der Waals surface area contributed by atoms with Gasteiger partial charge in [0, 0.05) is 19.5 Å². The van der Waals surface area contributed by atoms with Crippen LogP contribution in [0, 0.1) is 13.8 Å². The van der Waals surface area contributed by atoms with Crippen molar-refractivity contribution in [1.82, 2.24) is 20.1 Å². The molecule has 0 saturated carbocycles. The van der Waals surface area contributed by atoms with Crippen molar-refractivity contribution in [3.05, 3.63) is 46.5 Å². The summed E-state index contributed by atoms with van der Waals surface area (Å²) >= 11 is 0. The van der Waals surface area contributed by atoms with Crippen LogP contribution >= 0.6 is 0 Å². The van der Waals surface area contributed by atoms with Crippen molar-refractivity contribution in [2.75, 3.05) is 6.54 Å². The molecule has 4 nitrogen and oxygen atoms in total. The molecule has 1 aromatic heterocycles. The molecule has 3 rings (SSSR count). The maximum atomic E-state index is 4.32. The van der Waals surface area contributed by atoms with E-state index in [1.54, 1.807) is 0 Å². The fraction of sp³-hybridized carbons (Fsp3) is 0.429. The second kappa shape index (κ2) is 4.53. The highest BCUT2D eigenvalue weighted by molar-refractivity contribution is 5.31. The van der Waals surface area contributed by atoms with E-state index in [9.17, 15) is 0 Å². The van der Waals surface area contributed by atoms with Crippen molar-refractivity contribution in [2.24, 2.45) is 0 Å². The fourth-order valence-corrected chi connectivity index (χ4v) is 2.38. The highest BCUT2D eigenvalue weighted by Crippen LogP contribution is 2.14. The van der Waals surface area contributed by atoms with Crippen LogP contribution in [0.25, 0.3) is 0 Å². The van der Waals surface area contributed by atoms with E-state index >= 15 is 0 Å². The molecule has 0 unspecified atom stereocenters. The van der Waals surface area contributed by atoms with Crippen LogP contribution in [0.2, 0.25) is 0 Å². The molecule has 0 bridgehead atoms. The first-order valence-electron chi connectivity index (χ1n) is 6.42. The molecule has 2 heterocycles. The first kappa shape index (κ1) is 11.4. The molecule has 18 heavy (non-hydrogen) atoms. The van der Waals surface area contributed by atoms with Gasteiger partial charge in [-0.3, -0.25) is 0 Å². The van der Waals surface area contributed by atoms with Gasteiger partial charge in [0.2, 0.25) is 0 Å². The second-order valence-corrected chi connectivity index (χ2v) is 4.96. The zero-order valence-electron chi connectivity index (χ0n) is 10.9. The summed E-state index contributed by atoms with van der Waals surface area (Å²) in [5, 5.41) is 11.9. The molecular weight excluding hydrogens is 224 g/mol. The highest BCUT2D eigenvalue weighted by Gasteiger charge is 2.15. The largest absolute Gasteiger partial charge is 0.312 e. The zero-order valence-corrected chi connectivity index (χ0v) is 10.9. The summed E-state index contributed by atoms with van der Waals surface area (Å²) in [6, 6.07) is 6.61. The molecule has 2 aromatic rings. The normalized spacial score (nSPS) is 14.6. The average Bonchev–Trinajstić information content (AvgIpc) is 2.78. The van der Waals surface area contributed by atoms with Gasteiger partial charge in [-0.25, -0.2) is 0 Å². The SMILES string of the molecule is Cc1ccc(Cc2nnc3n2CCNC3)cc1C. The van der Waals surface area contributed by atoms with E-state index < -0.39 is 0 Å². The summed E-state index contributed by atoms with van der Waals surface area (Å²) in [5.74, 6) is 2.13. The summed E-state index contributed by atoms with van der Waals surface area (Å²) in [5.41, 5.74) is 3.99. The molecule has 0 amide bonds. The molecule has 0 atom stereocenters. The number of nitrogens with one attached hydrogen (secondary N) is 1. The Labute approximate surface area is 107 Å². The van der Waals surface area contributed by atoms with Crippen molar-refractivity contribution in [1.29, 1.82) is 0 Å². The maximum absolute atomic E-state index is 4.32. The second-order valence-electron chi connectivity index (χ2n) is 4.96. The number of rotatable bonds is 2. The van der Waals surface area contributed by atoms with Crippen LogP contribution < -0.4 is 5.32 Å². The molecule has 0 fully saturated rings. The third-order valence-electron chi connectivity index (χ3n) is 3.63. The summed E-state index contributed by atoms with van der Waals surface area (Å²) in [7, 11) is 0. The molecule has 1 aliphatic heterocycles. The van der Waals surface area contributed by atoms with Gasteiger partial charge in [-0.15, -0.1) is 10.2 Å². The predicted molar refractivity (Wildman–Crippen MR) is 70.5 cm³/mol. The number of aromatic nitrogens is 3. The van der Waals surface area contributed by atoms with Gasteiger partial charge < -0.3 is 9.88 Å². The van der Waals surface area contributed by atoms with Gasteiger partial charge in [0.05, 0.1) is 6.54 Å². The molecule has 0 radical (unpaired) electrons. The van der Waals surface area contributed by atoms with Crippen LogP contribution in [-0.4, -0.2) is 21.3 Å². The first-order valence-corrected chi connectivity index (χ1v) is 6.42. The standard InChI is InChI=1S/C14H18N4/c1-10-3-4-12(7-11(10)2)8-13-16-17-14-9-15-5-6-18(13)14/h3-4,7,15H,5-6,8-9H2,1-2H3. The molecule has 0 saturated heterocycles. The lowest BCUT2D eigenvalue weighted by atomic mass is 10.0. The minimum atomic E-state index is 0.833. The molecule has 1 N–H and O–H groups in total. The number of hydrogen-bond acceptors (Lipinski definition) is 3. The van der Waals surface area contributed by atoms with Crippen LogP contribution in [0.4, 0.5) is 0 Å². The van der Waals surface area contributed by atoms with E-state index in [1.807, 2.05) is 0 Å². The van der Waals surface area contributed by atoms with Gasteiger partial charge in [-0.2, -0.15) is 0 Å². The van der Waals surface area contributed by atoms with Crippen LogP contribution in [0.1, 0.15) is 28.3 Å². The molecule has 0 aliphatic carbocycles. The Kier molecular flexibility index (Phi) is 2.88. The van der Waals surface area contributed by atoms with Gasteiger partial charge >= 0.3 is 0 Å². The quantitative estimate of drug-likeness (QED) is 0.869. The van der Waals surface area contributed by atoms with Crippen molar-refractivity contribution in [3.8, 4) is 0 Å². The van der Waals surface area contributed by atoms with Gasteiger partial charge in [-0.05, 0) is 30.5 Å². The van der Waals surface area contributed by atoms with Crippen molar-refractivity contribution in [3.63, 3.8) is 0 Å². The van der Waals surface area contributed by atoms with Crippen molar-refractivity contribution in [2.45, 2.75) is 33.4 Å². The molecule has 0 spiro atoms. The zero-order chi connectivity index (χ0) is 12.5. The molecule has 1 aromatic carbocycles. The van der Waals surface area contributed by atoms with Crippen LogP contribution in [0.15, 0.2) is 18.2 Å². The monoisotopic (exact) mass is 242 g/mol. The Hall–Kier alpha value is -1.68. The van der Waals surface area contributed by atoms with E-state index in [-0.39, 0.29) is 0 Å². The third-order valence-corrected chi connectivity index (χ3v) is 3.63. The smallest absolute Gasteiger partial charge is 0.147 e. The summed E-state index contributed by atoms with van der Waals surface area (Å²) in [6.45, 7) is 7.11. The summed E-state index contributed by atoms with van der Waals surface area (Å²) < 4.78 is 2.24. The number of fused-ring (bicyclic) bond motifs is 1. The Bertz CT molecular complexity index is 571. The topological polar surface area (TPSA) is 42.7 Å². The number of hydrogen-bond donors (Lipinski definition) is 1. The molecular formula is C14H18N4. The maximum Gasteiger partial charge on any atom is 0.147 e. The average molecular weight is 242 g/mol. The van der Waals surface area contributed by atoms with Gasteiger partial charge in [0.25, 0.3) is 0 Å². The lowest BCUT2D eigenvalue weighted by Gasteiger charge is -2.16. The lowest BCUT2D eigenvalue weighted by Crippen LogP contribution is -2.29. The summed E-state index contributed by atoms with van der Waals surface area (Å²) in [4.78, 5) is 0. The number of aryl methyl sites for hydroxylation is 2. The Morgan fingerprint density at radius 1 is 1.22 bits per heavy atom. The van der Waals surface area contributed by atoms with E-state index in [0.29, 0.717) is 0 Å². The van der Waals surface area contributed by atoms with Gasteiger partial charge in [0.15, 0.2) is 0 Å². The van der Waals surface area contributed by atoms with Crippen LogP contribution in [-0.2, 0) is 19.5 Å². The molecule has 1 aliphatic rings. The Morgan fingerprint density at radius 3 is 2.94 bits per heavy atom. The van der Waals surface area contributed by atoms with E-state index in [4.69, 9.17) is 0 Å². The van der Waals surface area contributed by atoms with E-state index in [1.165, 1.54) is 16.7 Å². The number of benzene rings is 1. The molecule has 4 heteroatoms. The van der Waals surface area contributed by atoms with E-state index in [2.05, 4.69) is 52.1 Å². The fourth-order valence-electron chi connectivity index (χ4n) is 2.38. The van der Waals surface area contributed by atoms with E-state index in [0.717, 1.165) is 37.7 Å². The minimum Gasteiger partial charge on any atom is -0.312 e. The number of nitrogens with zero attached hydrogens (tertiary/aromatic N) is 3. The highest BCUT2D eigenvalue weighted by atomic mass is 15.3. The third kappa shape index (κ3) is 2.04. The van der Waals surface area contributed by atoms with Crippen LogP contribution in [0.5, 0.6) is 0 Å². The van der Waals surface area contributed by atoms with Crippen LogP contribution in [0.3, 0.4) is 0 Å². The Morgan fingerprint density at radius 2 is 2.11 bits per heavy atom. The Balaban J connectivity index is 1.88. The predicted octanol–water partition coefficient (Wildman–Crippen LogP) is 1.59.